The zero-order valence-electron chi connectivity index (χ0n) is 10.1. The van der Waals surface area contributed by atoms with Gasteiger partial charge in [-0.2, -0.15) is 5.26 Å². The molecule has 0 aliphatic heterocycles. The van der Waals surface area contributed by atoms with Crippen molar-refractivity contribution in [2.24, 2.45) is 0 Å². The second-order valence-electron chi connectivity index (χ2n) is 3.83. The Bertz CT molecular complexity index is 632. The van der Waals surface area contributed by atoms with Crippen LogP contribution in [0, 0.1) is 18.3 Å². The summed E-state index contributed by atoms with van der Waals surface area (Å²) < 4.78 is 5.35. The highest BCUT2D eigenvalue weighted by Crippen LogP contribution is 2.35. The molecule has 18 heavy (non-hydrogen) atoms. The first-order valence-corrected chi connectivity index (χ1v) is 5.73. The Kier molecular flexibility index (Phi) is 3.50. The molecule has 0 N–H and O–H groups in total. The highest BCUT2D eigenvalue weighted by atomic mass is 35.5. The van der Waals surface area contributed by atoms with E-state index >= 15 is 0 Å². The minimum absolute atomic E-state index is 0.496. The molecule has 0 aliphatic carbocycles. The van der Waals surface area contributed by atoms with Crippen LogP contribution in [0.5, 0.6) is 5.75 Å². The van der Waals surface area contributed by atoms with Crippen molar-refractivity contribution in [3.05, 3.63) is 46.7 Å². The Morgan fingerprint density at radius 2 is 2.11 bits per heavy atom. The van der Waals surface area contributed by atoms with E-state index < -0.39 is 0 Å². The van der Waals surface area contributed by atoms with Crippen molar-refractivity contribution in [1.29, 1.82) is 5.26 Å². The molecular formula is C14H11ClN2O. The van der Waals surface area contributed by atoms with Crippen LogP contribution >= 0.6 is 11.6 Å². The van der Waals surface area contributed by atoms with E-state index in [0.717, 1.165) is 16.7 Å². The van der Waals surface area contributed by atoms with Crippen LogP contribution in [0.15, 0.2) is 30.6 Å². The Morgan fingerprint density at radius 1 is 1.33 bits per heavy atom. The predicted molar refractivity (Wildman–Crippen MR) is 70.7 cm³/mol. The summed E-state index contributed by atoms with van der Waals surface area (Å²) in [6.07, 6.45) is 3.17. The third-order valence-electron chi connectivity index (χ3n) is 2.71. The number of hydrogen-bond acceptors (Lipinski definition) is 3. The van der Waals surface area contributed by atoms with Crippen LogP contribution in [0.1, 0.15) is 11.1 Å². The van der Waals surface area contributed by atoms with Gasteiger partial charge < -0.3 is 4.74 Å². The van der Waals surface area contributed by atoms with Gasteiger partial charge in [-0.15, -0.1) is 0 Å². The van der Waals surface area contributed by atoms with Crippen molar-refractivity contribution in [2.45, 2.75) is 6.92 Å². The topological polar surface area (TPSA) is 45.9 Å². The fraction of sp³-hybridized carbons (Fsp3) is 0.143. The number of nitriles is 1. The molecule has 90 valence electrons. The molecule has 0 aliphatic rings. The van der Waals surface area contributed by atoms with Crippen molar-refractivity contribution < 1.29 is 4.74 Å². The maximum atomic E-state index is 9.10. The van der Waals surface area contributed by atoms with Crippen molar-refractivity contribution in [1.82, 2.24) is 4.98 Å². The number of nitrogens with zero attached hydrogens (tertiary/aromatic N) is 2. The number of aromatic nitrogens is 1. The van der Waals surface area contributed by atoms with Gasteiger partial charge in [0.2, 0.25) is 0 Å². The second-order valence-corrected chi connectivity index (χ2v) is 4.24. The van der Waals surface area contributed by atoms with E-state index in [4.69, 9.17) is 21.6 Å². The standard InChI is InChI=1S/C14H11ClN2O/c1-9-5-14(18-2)12(6-13(9)15)11-3-4-17-8-10(11)7-16/h3-6,8H,1-2H3. The molecule has 0 bridgehead atoms. The van der Waals surface area contributed by atoms with Crippen LogP contribution in [0.2, 0.25) is 5.02 Å². The molecule has 0 radical (unpaired) electrons. The van der Waals surface area contributed by atoms with Gasteiger partial charge in [0.1, 0.15) is 11.8 Å². The average Bonchev–Trinajstić information content (AvgIpc) is 2.41. The number of methoxy groups -OCH3 is 1. The molecule has 0 saturated carbocycles. The molecule has 0 unspecified atom stereocenters. The first kappa shape index (κ1) is 12.4. The van der Waals surface area contributed by atoms with Crippen LogP contribution in [-0.4, -0.2) is 12.1 Å². The third kappa shape index (κ3) is 2.15. The maximum Gasteiger partial charge on any atom is 0.127 e. The molecule has 3 nitrogen and oxygen atoms in total. The summed E-state index contributed by atoms with van der Waals surface area (Å²) in [5, 5.41) is 9.75. The Balaban J connectivity index is 2.71. The number of hydrogen-bond donors (Lipinski definition) is 0. The SMILES string of the molecule is COc1cc(C)c(Cl)cc1-c1ccncc1C#N. The van der Waals surface area contributed by atoms with Gasteiger partial charge in [0.05, 0.1) is 12.7 Å². The molecule has 0 amide bonds. The maximum absolute atomic E-state index is 9.10. The van der Waals surface area contributed by atoms with Gasteiger partial charge in [-0.25, -0.2) is 0 Å². The number of ether oxygens (including phenoxy) is 1. The number of aryl methyl sites for hydroxylation is 1. The van der Waals surface area contributed by atoms with E-state index in [0.29, 0.717) is 16.3 Å². The highest BCUT2D eigenvalue weighted by molar-refractivity contribution is 6.31. The quantitative estimate of drug-likeness (QED) is 0.827. The molecule has 2 aromatic rings. The summed E-state index contributed by atoms with van der Waals surface area (Å²) in [5.74, 6) is 0.694. The Labute approximate surface area is 111 Å². The summed E-state index contributed by atoms with van der Waals surface area (Å²) in [6, 6.07) is 7.57. The predicted octanol–water partition coefficient (Wildman–Crippen LogP) is 3.59. The Morgan fingerprint density at radius 3 is 2.78 bits per heavy atom. The zero-order chi connectivity index (χ0) is 13.1. The summed E-state index contributed by atoms with van der Waals surface area (Å²) in [7, 11) is 1.60. The lowest BCUT2D eigenvalue weighted by atomic mass is 10.00. The summed E-state index contributed by atoms with van der Waals surface area (Å²) >= 11 is 6.13. The first-order chi connectivity index (χ1) is 8.67. The highest BCUT2D eigenvalue weighted by Gasteiger charge is 2.12. The van der Waals surface area contributed by atoms with E-state index in [2.05, 4.69) is 11.1 Å². The molecule has 4 heteroatoms. The normalized spacial score (nSPS) is 9.89. The van der Waals surface area contributed by atoms with E-state index in [9.17, 15) is 0 Å². The van der Waals surface area contributed by atoms with E-state index in [1.807, 2.05) is 19.1 Å². The fourth-order valence-corrected chi connectivity index (χ4v) is 1.92. The summed E-state index contributed by atoms with van der Waals surface area (Å²) in [4.78, 5) is 3.94. The molecule has 0 atom stereocenters. The van der Waals surface area contributed by atoms with Gasteiger partial charge >= 0.3 is 0 Å². The van der Waals surface area contributed by atoms with Crippen molar-refractivity contribution in [2.75, 3.05) is 7.11 Å². The molecule has 0 saturated heterocycles. The monoisotopic (exact) mass is 258 g/mol. The molecule has 1 aromatic heterocycles. The van der Waals surface area contributed by atoms with Crippen LogP contribution in [0.25, 0.3) is 11.1 Å². The molecule has 1 aromatic carbocycles. The summed E-state index contributed by atoms with van der Waals surface area (Å²) in [6.45, 7) is 1.91. The smallest absolute Gasteiger partial charge is 0.127 e. The lowest BCUT2D eigenvalue weighted by molar-refractivity contribution is 0.416. The van der Waals surface area contributed by atoms with Crippen LogP contribution in [0.4, 0.5) is 0 Å². The van der Waals surface area contributed by atoms with Crippen molar-refractivity contribution >= 4 is 11.6 Å². The Hall–Kier alpha value is -2.05. The number of halogens is 1. The van der Waals surface area contributed by atoms with Gasteiger partial charge in [-0.1, -0.05) is 11.6 Å². The molecule has 1 heterocycles. The molecular weight excluding hydrogens is 248 g/mol. The number of benzene rings is 1. The largest absolute Gasteiger partial charge is 0.496 e. The molecule has 0 fully saturated rings. The van der Waals surface area contributed by atoms with E-state index in [-0.39, 0.29) is 0 Å². The fourth-order valence-electron chi connectivity index (χ4n) is 1.75. The van der Waals surface area contributed by atoms with Gasteiger partial charge in [0.25, 0.3) is 0 Å². The van der Waals surface area contributed by atoms with E-state index in [1.165, 1.54) is 6.20 Å². The van der Waals surface area contributed by atoms with Crippen LogP contribution in [-0.2, 0) is 0 Å². The van der Waals surface area contributed by atoms with E-state index in [1.54, 1.807) is 19.4 Å². The lowest BCUT2D eigenvalue weighted by Crippen LogP contribution is -1.92. The first-order valence-electron chi connectivity index (χ1n) is 5.36. The van der Waals surface area contributed by atoms with Gasteiger partial charge in [-0.3, -0.25) is 4.98 Å². The third-order valence-corrected chi connectivity index (χ3v) is 3.12. The lowest BCUT2D eigenvalue weighted by Gasteiger charge is -2.12. The molecule has 2 rings (SSSR count). The van der Waals surface area contributed by atoms with Crippen molar-refractivity contribution in [3.8, 4) is 22.9 Å². The van der Waals surface area contributed by atoms with Gasteiger partial charge in [0.15, 0.2) is 0 Å². The summed E-state index contributed by atoms with van der Waals surface area (Å²) in [5.41, 5.74) is 3.00. The second kappa shape index (κ2) is 5.07. The van der Waals surface area contributed by atoms with Crippen molar-refractivity contribution in [3.63, 3.8) is 0 Å². The minimum atomic E-state index is 0.496. The van der Waals surface area contributed by atoms with Crippen LogP contribution in [0.3, 0.4) is 0 Å². The average molecular weight is 259 g/mol. The number of rotatable bonds is 2. The minimum Gasteiger partial charge on any atom is -0.496 e. The van der Waals surface area contributed by atoms with Crippen LogP contribution < -0.4 is 4.74 Å². The zero-order valence-corrected chi connectivity index (χ0v) is 10.8. The van der Waals surface area contributed by atoms with Gasteiger partial charge in [0, 0.05) is 28.5 Å². The van der Waals surface area contributed by atoms with Gasteiger partial charge in [-0.05, 0) is 30.7 Å². The molecule has 0 spiro atoms. The number of pyridine rings is 1.